The van der Waals surface area contributed by atoms with Gasteiger partial charge in [0.1, 0.15) is 0 Å². The molecule has 1 atom stereocenters. The van der Waals surface area contributed by atoms with Crippen LogP contribution in [-0.4, -0.2) is 48.5 Å². The predicted octanol–water partition coefficient (Wildman–Crippen LogP) is 3.07. The van der Waals surface area contributed by atoms with Crippen LogP contribution in [0.15, 0.2) is 24.3 Å². The molecule has 132 valence electrons. The van der Waals surface area contributed by atoms with Crippen LogP contribution in [0.2, 0.25) is 0 Å². The van der Waals surface area contributed by atoms with Crippen molar-refractivity contribution < 1.29 is 14.3 Å². The lowest BCUT2D eigenvalue weighted by Crippen LogP contribution is -2.52. The lowest BCUT2D eigenvalue weighted by Gasteiger charge is -2.41. The monoisotopic (exact) mass is 349 g/mol. The number of benzene rings is 1. The minimum absolute atomic E-state index is 0.112. The number of carbonyl (C=O) groups excluding carboxylic acids is 2. The Morgan fingerprint density at radius 2 is 2.08 bits per heavy atom. The lowest BCUT2D eigenvalue weighted by atomic mass is 9.74. The van der Waals surface area contributed by atoms with Gasteiger partial charge < -0.3 is 9.64 Å². The molecule has 1 amide bonds. The number of nitrogens with zero attached hydrogens (tertiary/aromatic N) is 1. The second kappa shape index (κ2) is 8.56. The average molecular weight is 349 g/mol. The van der Waals surface area contributed by atoms with Gasteiger partial charge in [-0.2, -0.15) is 11.8 Å². The first-order chi connectivity index (χ1) is 11.5. The van der Waals surface area contributed by atoms with Crippen LogP contribution in [0.25, 0.3) is 0 Å². The largest absolute Gasteiger partial charge is 0.466 e. The van der Waals surface area contributed by atoms with Crippen LogP contribution in [0.5, 0.6) is 0 Å². The molecule has 24 heavy (non-hydrogen) atoms. The van der Waals surface area contributed by atoms with Gasteiger partial charge in [0, 0.05) is 13.1 Å². The molecule has 0 radical (unpaired) electrons. The highest BCUT2D eigenvalue weighted by atomic mass is 32.2. The number of thioether (sulfide) groups is 1. The third kappa shape index (κ3) is 4.32. The normalized spacial score (nSPS) is 20.7. The van der Waals surface area contributed by atoms with E-state index in [0.717, 1.165) is 24.9 Å². The molecular weight excluding hydrogens is 322 g/mol. The Morgan fingerprint density at radius 1 is 1.33 bits per heavy atom. The third-order valence-electron chi connectivity index (χ3n) is 4.70. The van der Waals surface area contributed by atoms with E-state index in [1.165, 1.54) is 17.3 Å². The summed E-state index contributed by atoms with van der Waals surface area (Å²) in [4.78, 5) is 27.0. The maximum atomic E-state index is 12.8. The Labute approximate surface area is 148 Å². The van der Waals surface area contributed by atoms with Crippen molar-refractivity contribution >= 4 is 23.6 Å². The first kappa shape index (κ1) is 18.8. The van der Waals surface area contributed by atoms with Crippen molar-refractivity contribution in [1.82, 2.24) is 4.90 Å². The van der Waals surface area contributed by atoms with Gasteiger partial charge in [-0.3, -0.25) is 9.59 Å². The highest BCUT2D eigenvalue weighted by Gasteiger charge is 2.44. The maximum absolute atomic E-state index is 12.8. The molecule has 5 heteroatoms. The summed E-state index contributed by atoms with van der Waals surface area (Å²) in [5.74, 6) is 0.402. The molecule has 0 spiro atoms. The van der Waals surface area contributed by atoms with Crippen LogP contribution >= 0.6 is 11.8 Å². The number of carbonyl (C=O) groups is 2. The van der Waals surface area contributed by atoms with E-state index in [9.17, 15) is 9.59 Å². The minimum Gasteiger partial charge on any atom is -0.466 e. The molecule has 1 saturated heterocycles. The van der Waals surface area contributed by atoms with Gasteiger partial charge in [0.2, 0.25) is 5.91 Å². The van der Waals surface area contributed by atoms with E-state index >= 15 is 0 Å². The summed E-state index contributed by atoms with van der Waals surface area (Å²) < 4.78 is 5.40. The summed E-state index contributed by atoms with van der Waals surface area (Å²) in [5, 5.41) is 0. The molecule has 0 aliphatic carbocycles. The molecule has 0 unspecified atom stereocenters. The van der Waals surface area contributed by atoms with Gasteiger partial charge in [0.25, 0.3) is 0 Å². The highest BCUT2D eigenvalue weighted by molar-refractivity contribution is 7.99. The molecule has 0 bridgehead atoms. The zero-order valence-electron chi connectivity index (χ0n) is 14.8. The molecule has 4 nitrogen and oxygen atoms in total. The molecule has 2 rings (SSSR count). The van der Waals surface area contributed by atoms with Crippen molar-refractivity contribution in [2.75, 3.05) is 31.7 Å². The number of esters is 1. The molecule has 1 aromatic carbocycles. The second-order valence-corrected chi connectivity index (χ2v) is 7.32. The Bertz CT molecular complexity index is 590. The molecular formula is C19H27NO3S. The smallest absolute Gasteiger partial charge is 0.314 e. The zero-order valence-corrected chi connectivity index (χ0v) is 15.7. The van der Waals surface area contributed by atoms with Gasteiger partial charge >= 0.3 is 5.97 Å². The van der Waals surface area contributed by atoms with Crippen molar-refractivity contribution in [2.45, 2.75) is 33.1 Å². The van der Waals surface area contributed by atoms with E-state index in [2.05, 4.69) is 19.1 Å². The van der Waals surface area contributed by atoms with E-state index in [1.807, 2.05) is 30.2 Å². The van der Waals surface area contributed by atoms with Gasteiger partial charge in [-0.15, -0.1) is 0 Å². The summed E-state index contributed by atoms with van der Waals surface area (Å²) in [6.45, 7) is 5.45. The topological polar surface area (TPSA) is 46.6 Å². The molecule has 1 aliphatic heterocycles. The number of likely N-dealkylation sites (tertiary alicyclic amines) is 1. The number of rotatable bonds is 6. The molecule has 1 fully saturated rings. The Kier molecular flexibility index (Phi) is 6.72. The summed E-state index contributed by atoms with van der Waals surface area (Å²) in [7, 11) is 0. The van der Waals surface area contributed by atoms with Gasteiger partial charge in [-0.25, -0.2) is 0 Å². The molecule has 1 aromatic rings. The van der Waals surface area contributed by atoms with E-state index in [0.29, 0.717) is 25.3 Å². The van der Waals surface area contributed by atoms with Crippen molar-refractivity contribution in [3.63, 3.8) is 0 Å². The van der Waals surface area contributed by atoms with Crippen LogP contribution in [0, 0.1) is 12.3 Å². The fraction of sp³-hybridized carbons (Fsp3) is 0.579. The van der Waals surface area contributed by atoms with E-state index in [4.69, 9.17) is 4.74 Å². The first-order valence-corrected chi connectivity index (χ1v) is 9.90. The van der Waals surface area contributed by atoms with E-state index < -0.39 is 5.41 Å². The lowest BCUT2D eigenvalue weighted by molar-refractivity contribution is -0.160. The Morgan fingerprint density at radius 3 is 2.75 bits per heavy atom. The molecule has 1 heterocycles. The maximum Gasteiger partial charge on any atom is 0.314 e. The van der Waals surface area contributed by atoms with Crippen LogP contribution in [0.4, 0.5) is 0 Å². The highest BCUT2D eigenvalue weighted by Crippen LogP contribution is 2.36. The fourth-order valence-electron chi connectivity index (χ4n) is 3.40. The molecule has 1 aliphatic rings. The first-order valence-electron chi connectivity index (χ1n) is 8.51. The van der Waals surface area contributed by atoms with Crippen molar-refractivity contribution in [3.8, 4) is 0 Å². The molecule has 0 saturated carbocycles. The Balaban J connectivity index is 2.28. The van der Waals surface area contributed by atoms with Crippen LogP contribution in [-0.2, 0) is 20.7 Å². The van der Waals surface area contributed by atoms with E-state index in [1.54, 1.807) is 0 Å². The number of ether oxygens (including phenoxy) is 1. The molecule has 0 aromatic heterocycles. The second-order valence-electron chi connectivity index (χ2n) is 6.46. The van der Waals surface area contributed by atoms with Gasteiger partial charge in [-0.05, 0) is 50.5 Å². The van der Waals surface area contributed by atoms with Gasteiger partial charge in [0.05, 0.1) is 17.8 Å². The zero-order chi connectivity index (χ0) is 17.6. The van der Waals surface area contributed by atoms with Crippen molar-refractivity contribution in [1.29, 1.82) is 0 Å². The fourth-order valence-corrected chi connectivity index (χ4v) is 3.83. The van der Waals surface area contributed by atoms with E-state index in [-0.39, 0.29) is 11.9 Å². The van der Waals surface area contributed by atoms with Crippen molar-refractivity contribution in [3.05, 3.63) is 35.4 Å². The summed E-state index contributed by atoms with van der Waals surface area (Å²) in [5.41, 5.74) is 1.70. The van der Waals surface area contributed by atoms with Crippen LogP contribution < -0.4 is 0 Å². The minimum atomic E-state index is -0.631. The number of amides is 1. The number of hydrogen-bond acceptors (Lipinski definition) is 4. The number of aryl methyl sites for hydroxylation is 1. The van der Waals surface area contributed by atoms with Crippen LogP contribution in [0.1, 0.15) is 30.9 Å². The third-order valence-corrected chi connectivity index (χ3v) is 5.23. The van der Waals surface area contributed by atoms with Gasteiger partial charge in [0.15, 0.2) is 0 Å². The number of piperidine rings is 1. The Hall–Kier alpha value is -1.49. The van der Waals surface area contributed by atoms with Crippen LogP contribution in [0.3, 0.4) is 0 Å². The summed E-state index contributed by atoms with van der Waals surface area (Å²) in [6, 6.07) is 8.14. The number of hydrogen-bond donors (Lipinski definition) is 0. The standard InChI is InChI=1S/C19H27NO3S/c1-4-23-18(22)19(12-16-9-6-5-8-15(16)2)10-7-11-20(14-19)17(21)13-24-3/h5-6,8-9H,4,7,10-14H2,1-3H3/t19-/m1/s1. The van der Waals surface area contributed by atoms with Crippen molar-refractivity contribution in [2.24, 2.45) is 5.41 Å². The predicted molar refractivity (Wildman–Crippen MR) is 98.1 cm³/mol. The SMILES string of the molecule is CCOC(=O)[C@@]1(Cc2ccccc2C)CCCN(C(=O)CSC)C1. The average Bonchev–Trinajstić information content (AvgIpc) is 2.57. The summed E-state index contributed by atoms with van der Waals surface area (Å²) >= 11 is 1.52. The molecule has 0 N–H and O–H groups in total. The quantitative estimate of drug-likeness (QED) is 0.741. The summed E-state index contributed by atoms with van der Waals surface area (Å²) in [6.07, 6.45) is 4.16. The van der Waals surface area contributed by atoms with Gasteiger partial charge in [-0.1, -0.05) is 24.3 Å².